The lowest BCUT2D eigenvalue weighted by atomic mass is 10.1. The zero-order valence-electron chi connectivity index (χ0n) is 15.9. The molecule has 1 saturated heterocycles. The van der Waals surface area contributed by atoms with E-state index in [4.69, 9.17) is 16.3 Å². The van der Waals surface area contributed by atoms with Crippen molar-refractivity contribution in [2.45, 2.75) is 6.10 Å². The van der Waals surface area contributed by atoms with E-state index in [9.17, 15) is 5.11 Å². The molecule has 0 amide bonds. The molecule has 0 aliphatic carbocycles. The molecule has 3 aromatic rings. The van der Waals surface area contributed by atoms with E-state index in [0.717, 1.165) is 42.3 Å². The monoisotopic (exact) mass is 397 g/mol. The fourth-order valence-electron chi connectivity index (χ4n) is 3.78. The first-order valence-corrected chi connectivity index (χ1v) is 10.2. The van der Waals surface area contributed by atoms with Gasteiger partial charge in [0.2, 0.25) is 0 Å². The van der Waals surface area contributed by atoms with E-state index in [2.05, 4.69) is 35.2 Å². The molecule has 0 saturated carbocycles. The van der Waals surface area contributed by atoms with Gasteiger partial charge in [0.1, 0.15) is 25.0 Å². The van der Waals surface area contributed by atoms with Crippen LogP contribution < -0.4 is 14.5 Å². The molecule has 0 spiro atoms. The number of hydrogen-bond acceptors (Lipinski definition) is 3. The molecule has 4 rings (SSSR count). The summed E-state index contributed by atoms with van der Waals surface area (Å²) in [6.45, 7) is 5.01. The molecule has 3 aromatic carbocycles. The number of anilines is 1. The van der Waals surface area contributed by atoms with Crippen LogP contribution in [0.5, 0.6) is 5.75 Å². The fourth-order valence-corrected chi connectivity index (χ4v) is 3.90. The van der Waals surface area contributed by atoms with Crippen LogP contribution >= 0.6 is 11.6 Å². The Morgan fingerprint density at radius 1 is 0.964 bits per heavy atom. The highest BCUT2D eigenvalue weighted by atomic mass is 35.5. The van der Waals surface area contributed by atoms with Crippen molar-refractivity contribution in [3.8, 4) is 5.75 Å². The number of ether oxygens (including phenoxy) is 1. The van der Waals surface area contributed by atoms with Crippen molar-refractivity contribution in [3.05, 3.63) is 71.8 Å². The maximum Gasteiger partial charge on any atom is 0.137 e. The summed E-state index contributed by atoms with van der Waals surface area (Å²) in [4.78, 5) is 3.79. The molecule has 0 aromatic heterocycles. The van der Waals surface area contributed by atoms with Gasteiger partial charge in [-0.15, -0.1) is 0 Å². The van der Waals surface area contributed by atoms with Crippen LogP contribution in [0.2, 0.25) is 5.02 Å². The lowest BCUT2D eigenvalue weighted by molar-refractivity contribution is -0.903. The van der Waals surface area contributed by atoms with Crippen LogP contribution in [-0.4, -0.2) is 50.5 Å². The first-order valence-electron chi connectivity index (χ1n) is 9.81. The van der Waals surface area contributed by atoms with Gasteiger partial charge in [-0.25, -0.2) is 0 Å². The van der Waals surface area contributed by atoms with E-state index in [1.807, 2.05) is 36.4 Å². The van der Waals surface area contributed by atoms with Crippen LogP contribution in [0.4, 0.5) is 5.69 Å². The zero-order chi connectivity index (χ0) is 19.3. The Kier molecular flexibility index (Phi) is 6.01. The predicted molar refractivity (Wildman–Crippen MR) is 115 cm³/mol. The quantitative estimate of drug-likeness (QED) is 0.671. The minimum atomic E-state index is -0.469. The molecule has 1 fully saturated rings. The van der Waals surface area contributed by atoms with Crippen molar-refractivity contribution in [3.63, 3.8) is 0 Å². The van der Waals surface area contributed by atoms with Crippen molar-refractivity contribution in [2.75, 3.05) is 44.2 Å². The first-order chi connectivity index (χ1) is 13.7. The zero-order valence-corrected chi connectivity index (χ0v) is 16.6. The third-order valence-electron chi connectivity index (χ3n) is 5.35. The van der Waals surface area contributed by atoms with Gasteiger partial charge in [-0.2, -0.15) is 0 Å². The van der Waals surface area contributed by atoms with Gasteiger partial charge in [0.05, 0.1) is 26.2 Å². The molecule has 146 valence electrons. The average Bonchev–Trinajstić information content (AvgIpc) is 2.73. The number of aliphatic hydroxyl groups is 1. The number of aliphatic hydroxyl groups excluding tert-OH is 1. The van der Waals surface area contributed by atoms with Gasteiger partial charge in [0, 0.05) is 10.7 Å². The molecular formula is C23H26ClN2O2+. The molecule has 0 unspecified atom stereocenters. The fraction of sp³-hybridized carbons (Fsp3) is 0.304. The van der Waals surface area contributed by atoms with Crippen LogP contribution in [0.3, 0.4) is 0 Å². The molecule has 2 N–H and O–H groups in total. The normalized spacial score (nSPS) is 16.3. The summed E-state index contributed by atoms with van der Waals surface area (Å²) in [6.07, 6.45) is -0.469. The number of nitrogens with one attached hydrogen (secondary N) is 1. The van der Waals surface area contributed by atoms with Crippen LogP contribution in [0.25, 0.3) is 10.8 Å². The molecule has 0 bridgehead atoms. The Labute approximate surface area is 170 Å². The molecular weight excluding hydrogens is 372 g/mol. The van der Waals surface area contributed by atoms with Gasteiger partial charge in [-0.3, -0.25) is 0 Å². The summed E-state index contributed by atoms with van der Waals surface area (Å²) in [7, 11) is 0. The predicted octanol–water partition coefficient (Wildman–Crippen LogP) is 2.64. The lowest BCUT2D eigenvalue weighted by Crippen LogP contribution is -3.16. The Morgan fingerprint density at radius 2 is 1.68 bits per heavy atom. The van der Waals surface area contributed by atoms with E-state index in [-0.39, 0.29) is 0 Å². The maximum absolute atomic E-state index is 10.4. The molecule has 28 heavy (non-hydrogen) atoms. The van der Waals surface area contributed by atoms with Crippen molar-refractivity contribution in [2.24, 2.45) is 0 Å². The third kappa shape index (κ3) is 4.76. The van der Waals surface area contributed by atoms with Crippen molar-refractivity contribution in [1.29, 1.82) is 0 Å². The van der Waals surface area contributed by atoms with Crippen molar-refractivity contribution in [1.82, 2.24) is 0 Å². The summed E-state index contributed by atoms with van der Waals surface area (Å²) in [5.74, 6) is 0.806. The standard InChI is InChI=1S/C23H25ClN2O2/c24-20-6-8-21(9-7-20)26-13-11-25(12-14-26)16-22(27)17-28-23-10-5-18-3-1-2-4-19(18)15-23/h1-10,15,22,27H,11-14,16-17H2/p+1/t22-/m1/s1. The van der Waals surface area contributed by atoms with E-state index in [1.165, 1.54) is 16.0 Å². The van der Waals surface area contributed by atoms with E-state index in [0.29, 0.717) is 13.2 Å². The topological polar surface area (TPSA) is 37.1 Å². The van der Waals surface area contributed by atoms with Crippen molar-refractivity contribution < 1.29 is 14.7 Å². The van der Waals surface area contributed by atoms with Gasteiger partial charge < -0.3 is 19.6 Å². The molecule has 1 atom stereocenters. The number of hydrogen-bond donors (Lipinski definition) is 2. The lowest BCUT2D eigenvalue weighted by Gasteiger charge is -2.34. The second-order valence-electron chi connectivity index (χ2n) is 7.39. The van der Waals surface area contributed by atoms with Gasteiger partial charge in [0.15, 0.2) is 0 Å². The minimum Gasteiger partial charge on any atom is -0.491 e. The summed E-state index contributed by atoms with van der Waals surface area (Å²) < 4.78 is 5.83. The maximum atomic E-state index is 10.4. The molecule has 1 heterocycles. The van der Waals surface area contributed by atoms with Crippen LogP contribution in [0.1, 0.15) is 0 Å². The minimum absolute atomic E-state index is 0.322. The van der Waals surface area contributed by atoms with Gasteiger partial charge in [-0.1, -0.05) is 41.9 Å². The highest BCUT2D eigenvalue weighted by Crippen LogP contribution is 2.20. The molecule has 4 nitrogen and oxygen atoms in total. The van der Waals surface area contributed by atoms with Crippen LogP contribution in [0, 0.1) is 0 Å². The molecule has 1 aliphatic rings. The third-order valence-corrected chi connectivity index (χ3v) is 5.60. The number of halogens is 1. The number of rotatable bonds is 6. The van der Waals surface area contributed by atoms with Crippen LogP contribution in [-0.2, 0) is 0 Å². The number of nitrogens with zero attached hydrogens (tertiary/aromatic N) is 1. The highest BCUT2D eigenvalue weighted by molar-refractivity contribution is 6.30. The first kappa shape index (κ1) is 19.1. The number of benzene rings is 3. The Balaban J connectivity index is 1.24. The summed E-state index contributed by atoms with van der Waals surface area (Å²) in [5, 5.41) is 13.5. The van der Waals surface area contributed by atoms with E-state index in [1.54, 1.807) is 0 Å². The van der Waals surface area contributed by atoms with E-state index < -0.39 is 6.10 Å². The Bertz CT molecular complexity index is 908. The average molecular weight is 398 g/mol. The SMILES string of the molecule is O[C@@H](COc1ccc2ccccc2c1)C[NH+]1CCN(c2ccc(Cl)cc2)CC1. The Morgan fingerprint density at radius 3 is 2.43 bits per heavy atom. The Hall–Kier alpha value is -2.27. The molecule has 5 heteroatoms. The number of piperazine rings is 1. The summed E-state index contributed by atoms with van der Waals surface area (Å²) in [6, 6.07) is 22.3. The van der Waals surface area contributed by atoms with Gasteiger partial charge in [-0.05, 0) is 47.2 Å². The number of fused-ring (bicyclic) bond motifs is 1. The van der Waals surface area contributed by atoms with Gasteiger partial charge >= 0.3 is 0 Å². The highest BCUT2D eigenvalue weighted by Gasteiger charge is 2.22. The molecule has 1 aliphatic heterocycles. The second-order valence-corrected chi connectivity index (χ2v) is 7.83. The second kappa shape index (κ2) is 8.82. The number of quaternary nitrogens is 1. The molecule has 0 radical (unpaired) electrons. The van der Waals surface area contributed by atoms with Gasteiger partial charge in [0.25, 0.3) is 0 Å². The van der Waals surface area contributed by atoms with Crippen LogP contribution in [0.15, 0.2) is 66.7 Å². The smallest absolute Gasteiger partial charge is 0.137 e. The van der Waals surface area contributed by atoms with E-state index >= 15 is 0 Å². The summed E-state index contributed by atoms with van der Waals surface area (Å²) >= 11 is 5.97. The van der Waals surface area contributed by atoms with Crippen molar-refractivity contribution >= 4 is 28.1 Å². The largest absolute Gasteiger partial charge is 0.491 e. The summed E-state index contributed by atoms with van der Waals surface area (Å²) in [5.41, 5.74) is 1.21.